The summed E-state index contributed by atoms with van der Waals surface area (Å²) >= 11 is 0. The molecule has 1 aromatic rings. The number of anilines is 2. The third-order valence-electron chi connectivity index (χ3n) is 3.72. The number of nitrogen functional groups attached to an aromatic ring is 1. The van der Waals surface area contributed by atoms with Gasteiger partial charge in [-0.25, -0.2) is 4.98 Å². The largest absolute Gasteiger partial charge is 0.396 e. The van der Waals surface area contributed by atoms with E-state index in [1.165, 1.54) is 19.3 Å². The van der Waals surface area contributed by atoms with Crippen LogP contribution < -0.4 is 11.1 Å². The van der Waals surface area contributed by atoms with E-state index in [2.05, 4.69) is 10.3 Å². The van der Waals surface area contributed by atoms with Crippen LogP contribution in [-0.2, 0) is 0 Å². The SMILES string of the molecule is Nc1cccnc1NCC1(CO)CCCCC1. The average molecular weight is 235 g/mol. The van der Waals surface area contributed by atoms with Crippen molar-refractivity contribution in [2.24, 2.45) is 5.41 Å². The molecule has 1 aliphatic carbocycles. The highest BCUT2D eigenvalue weighted by molar-refractivity contribution is 5.60. The fourth-order valence-electron chi connectivity index (χ4n) is 2.53. The van der Waals surface area contributed by atoms with Crippen LogP contribution >= 0.6 is 0 Å². The van der Waals surface area contributed by atoms with Gasteiger partial charge < -0.3 is 16.2 Å². The van der Waals surface area contributed by atoms with E-state index >= 15 is 0 Å². The van der Waals surface area contributed by atoms with E-state index in [0.717, 1.165) is 25.2 Å². The van der Waals surface area contributed by atoms with Crippen molar-refractivity contribution in [1.82, 2.24) is 4.98 Å². The van der Waals surface area contributed by atoms with Crippen LogP contribution in [0.3, 0.4) is 0 Å². The Morgan fingerprint density at radius 1 is 1.35 bits per heavy atom. The van der Waals surface area contributed by atoms with Gasteiger partial charge in [-0.2, -0.15) is 0 Å². The molecule has 4 nitrogen and oxygen atoms in total. The molecule has 0 aromatic carbocycles. The van der Waals surface area contributed by atoms with Crippen molar-refractivity contribution in [2.75, 3.05) is 24.2 Å². The molecule has 0 amide bonds. The number of rotatable bonds is 4. The van der Waals surface area contributed by atoms with Gasteiger partial charge in [0, 0.05) is 18.2 Å². The summed E-state index contributed by atoms with van der Waals surface area (Å²) in [5.74, 6) is 0.728. The topological polar surface area (TPSA) is 71.2 Å². The maximum atomic E-state index is 9.60. The zero-order valence-corrected chi connectivity index (χ0v) is 10.2. The highest BCUT2D eigenvalue weighted by Gasteiger charge is 2.31. The predicted octanol–water partition coefficient (Wildman–Crippen LogP) is 2.02. The number of nitrogens with one attached hydrogen (secondary N) is 1. The zero-order valence-electron chi connectivity index (χ0n) is 10.2. The summed E-state index contributed by atoms with van der Waals surface area (Å²) in [4.78, 5) is 4.21. The molecule has 94 valence electrons. The van der Waals surface area contributed by atoms with Gasteiger partial charge in [-0.1, -0.05) is 19.3 Å². The lowest BCUT2D eigenvalue weighted by Crippen LogP contribution is -2.35. The van der Waals surface area contributed by atoms with Crippen LogP contribution in [0.1, 0.15) is 32.1 Å². The molecule has 17 heavy (non-hydrogen) atoms. The van der Waals surface area contributed by atoms with Crippen LogP contribution in [0.25, 0.3) is 0 Å². The minimum absolute atomic E-state index is 0.0161. The first-order chi connectivity index (χ1) is 8.26. The van der Waals surface area contributed by atoms with E-state index < -0.39 is 0 Å². The quantitative estimate of drug-likeness (QED) is 0.746. The molecule has 1 aliphatic rings. The zero-order chi connectivity index (χ0) is 12.1. The molecule has 1 saturated carbocycles. The fourth-order valence-corrected chi connectivity index (χ4v) is 2.53. The van der Waals surface area contributed by atoms with E-state index in [1.807, 2.05) is 12.1 Å². The van der Waals surface area contributed by atoms with Crippen molar-refractivity contribution in [3.8, 4) is 0 Å². The first kappa shape index (κ1) is 12.2. The summed E-state index contributed by atoms with van der Waals surface area (Å²) in [7, 11) is 0. The van der Waals surface area contributed by atoms with Gasteiger partial charge in [-0.05, 0) is 25.0 Å². The highest BCUT2D eigenvalue weighted by atomic mass is 16.3. The molecule has 0 bridgehead atoms. The second-order valence-corrected chi connectivity index (χ2v) is 5.01. The van der Waals surface area contributed by atoms with Crippen molar-refractivity contribution < 1.29 is 5.11 Å². The minimum Gasteiger partial charge on any atom is -0.396 e. The first-order valence-electron chi connectivity index (χ1n) is 6.31. The molecule has 0 atom stereocenters. The van der Waals surface area contributed by atoms with Crippen LogP contribution in [0.2, 0.25) is 0 Å². The summed E-state index contributed by atoms with van der Waals surface area (Å²) in [6.45, 7) is 0.997. The Bertz CT molecular complexity index is 361. The molecule has 1 fully saturated rings. The van der Waals surface area contributed by atoms with Crippen molar-refractivity contribution >= 4 is 11.5 Å². The summed E-state index contributed by atoms with van der Waals surface area (Å²) < 4.78 is 0. The number of aromatic nitrogens is 1. The number of nitrogens with zero attached hydrogens (tertiary/aromatic N) is 1. The molecular weight excluding hydrogens is 214 g/mol. The fraction of sp³-hybridized carbons (Fsp3) is 0.615. The van der Waals surface area contributed by atoms with Crippen molar-refractivity contribution in [2.45, 2.75) is 32.1 Å². The lowest BCUT2D eigenvalue weighted by atomic mass is 9.74. The van der Waals surface area contributed by atoms with Crippen molar-refractivity contribution in [1.29, 1.82) is 0 Å². The Morgan fingerprint density at radius 3 is 2.76 bits per heavy atom. The van der Waals surface area contributed by atoms with Crippen molar-refractivity contribution in [3.05, 3.63) is 18.3 Å². The Balaban J connectivity index is 1.98. The van der Waals surface area contributed by atoms with Gasteiger partial charge in [0.15, 0.2) is 0 Å². The average Bonchev–Trinajstić information content (AvgIpc) is 2.39. The van der Waals surface area contributed by atoms with Crippen molar-refractivity contribution in [3.63, 3.8) is 0 Å². The normalized spacial score (nSPS) is 18.9. The maximum absolute atomic E-state index is 9.60. The lowest BCUT2D eigenvalue weighted by Gasteiger charge is -2.35. The minimum atomic E-state index is 0.0161. The van der Waals surface area contributed by atoms with E-state index in [1.54, 1.807) is 6.20 Å². The van der Waals surface area contributed by atoms with Crippen LogP contribution in [-0.4, -0.2) is 23.2 Å². The molecule has 2 rings (SSSR count). The number of hydrogen-bond donors (Lipinski definition) is 3. The molecule has 4 heteroatoms. The monoisotopic (exact) mass is 235 g/mol. The highest BCUT2D eigenvalue weighted by Crippen LogP contribution is 2.36. The van der Waals surface area contributed by atoms with Crippen LogP contribution in [0.15, 0.2) is 18.3 Å². The number of aliphatic hydroxyl groups is 1. The Morgan fingerprint density at radius 2 is 2.12 bits per heavy atom. The molecular formula is C13H21N3O. The number of nitrogens with two attached hydrogens (primary N) is 1. The Labute approximate surface area is 102 Å². The number of aliphatic hydroxyl groups excluding tert-OH is 1. The summed E-state index contributed by atoms with van der Waals surface area (Å²) in [6, 6.07) is 3.66. The van der Waals surface area contributed by atoms with Crippen LogP contribution in [0.5, 0.6) is 0 Å². The predicted molar refractivity (Wildman–Crippen MR) is 69.7 cm³/mol. The van der Waals surface area contributed by atoms with E-state index in [-0.39, 0.29) is 12.0 Å². The Hall–Kier alpha value is -1.29. The summed E-state index contributed by atoms with van der Waals surface area (Å²) in [5, 5.41) is 12.9. The van der Waals surface area contributed by atoms with Gasteiger partial charge in [-0.3, -0.25) is 0 Å². The molecule has 1 aromatic heterocycles. The first-order valence-corrected chi connectivity index (χ1v) is 6.31. The molecule has 0 unspecified atom stereocenters. The summed E-state index contributed by atoms with van der Waals surface area (Å²) in [6.07, 6.45) is 7.60. The maximum Gasteiger partial charge on any atom is 0.149 e. The Kier molecular flexibility index (Phi) is 3.84. The summed E-state index contributed by atoms with van der Waals surface area (Å²) in [5.41, 5.74) is 6.51. The standard InChI is InChI=1S/C13H21N3O/c14-11-5-4-8-15-12(11)16-9-13(10-17)6-2-1-3-7-13/h4-5,8,17H,1-3,6-7,9-10,14H2,(H,15,16). The molecule has 0 aliphatic heterocycles. The van der Waals surface area contributed by atoms with Crippen LogP contribution in [0, 0.1) is 5.41 Å². The third kappa shape index (κ3) is 2.88. The second kappa shape index (κ2) is 5.36. The van der Waals surface area contributed by atoms with E-state index in [4.69, 9.17) is 5.73 Å². The number of pyridine rings is 1. The van der Waals surface area contributed by atoms with Gasteiger partial charge >= 0.3 is 0 Å². The van der Waals surface area contributed by atoms with Gasteiger partial charge in [0.2, 0.25) is 0 Å². The molecule has 4 N–H and O–H groups in total. The van der Waals surface area contributed by atoms with Gasteiger partial charge in [0.1, 0.15) is 5.82 Å². The molecule has 1 heterocycles. The smallest absolute Gasteiger partial charge is 0.149 e. The number of hydrogen-bond acceptors (Lipinski definition) is 4. The lowest BCUT2D eigenvalue weighted by molar-refractivity contribution is 0.0943. The second-order valence-electron chi connectivity index (χ2n) is 5.01. The van der Waals surface area contributed by atoms with E-state index in [0.29, 0.717) is 5.69 Å². The molecule has 0 saturated heterocycles. The van der Waals surface area contributed by atoms with Gasteiger partial charge in [-0.15, -0.1) is 0 Å². The molecule has 0 radical (unpaired) electrons. The van der Waals surface area contributed by atoms with Crippen LogP contribution in [0.4, 0.5) is 11.5 Å². The molecule has 0 spiro atoms. The third-order valence-corrected chi connectivity index (χ3v) is 3.72. The van der Waals surface area contributed by atoms with Gasteiger partial charge in [0.25, 0.3) is 0 Å². The van der Waals surface area contributed by atoms with E-state index in [9.17, 15) is 5.11 Å². The van der Waals surface area contributed by atoms with Gasteiger partial charge in [0.05, 0.1) is 12.3 Å².